The summed E-state index contributed by atoms with van der Waals surface area (Å²) in [5, 5.41) is 0. The predicted octanol–water partition coefficient (Wildman–Crippen LogP) is 5.79. The number of amides is 1. The van der Waals surface area contributed by atoms with Gasteiger partial charge in [-0.2, -0.15) is 13.5 Å². The molecule has 5 rings (SSSR count). The van der Waals surface area contributed by atoms with Crippen LogP contribution in [-0.2, 0) is 4.74 Å². The zero-order valence-electron chi connectivity index (χ0n) is 21.3. The fourth-order valence-electron chi connectivity index (χ4n) is 5.04. The van der Waals surface area contributed by atoms with Gasteiger partial charge < -0.3 is 19.3 Å². The van der Waals surface area contributed by atoms with Crippen LogP contribution in [0.4, 0.5) is 19.0 Å². The van der Waals surface area contributed by atoms with Crippen LogP contribution in [0.25, 0.3) is 11.0 Å². The molecule has 0 bridgehead atoms. The maximum atomic E-state index is 13.8. The van der Waals surface area contributed by atoms with Gasteiger partial charge in [0, 0.05) is 49.4 Å². The predicted molar refractivity (Wildman–Crippen MR) is 149 cm³/mol. The Balaban J connectivity index is 0.00000210. The zero-order chi connectivity index (χ0) is 26.1. The molecule has 0 spiro atoms. The second kappa shape index (κ2) is 12.9. The van der Waals surface area contributed by atoms with Crippen molar-refractivity contribution in [2.75, 3.05) is 38.3 Å². The summed E-state index contributed by atoms with van der Waals surface area (Å²) in [6.07, 6.45) is 5.01. The van der Waals surface area contributed by atoms with Gasteiger partial charge in [0.2, 0.25) is 0 Å². The molecule has 2 aliphatic rings. The zero-order valence-corrected chi connectivity index (χ0v) is 22.3. The molecule has 2 heterocycles. The second-order valence-corrected chi connectivity index (χ2v) is 9.58. The number of rotatable bonds is 6. The second-order valence-electron chi connectivity index (χ2n) is 9.58. The molecule has 39 heavy (non-hydrogen) atoms. The lowest BCUT2D eigenvalue weighted by Gasteiger charge is -2.28. The van der Waals surface area contributed by atoms with Crippen molar-refractivity contribution in [3.05, 3.63) is 59.0 Å². The number of nitrogens with zero attached hydrogens (tertiary/aromatic N) is 4. The van der Waals surface area contributed by atoms with Crippen LogP contribution in [0.5, 0.6) is 5.75 Å². The van der Waals surface area contributed by atoms with E-state index in [-0.39, 0.29) is 38.6 Å². The largest absolute Gasteiger partial charge is 0.486 e. The van der Waals surface area contributed by atoms with Gasteiger partial charge in [0.1, 0.15) is 17.7 Å². The first-order chi connectivity index (χ1) is 17.8. The van der Waals surface area contributed by atoms with E-state index < -0.39 is 23.6 Å². The van der Waals surface area contributed by atoms with E-state index in [1.165, 1.54) is 0 Å². The highest BCUT2D eigenvalue weighted by Crippen LogP contribution is 2.32. The molecule has 11 heteroatoms. The molecule has 2 aromatic carbocycles. The van der Waals surface area contributed by atoms with Crippen molar-refractivity contribution in [1.82, 2.24) is 14.9 Å². The van der Waals surface area contributed by atoms with Crippen molar-refractivity contribution >= 4 is 36.3 Å². The number of hydrogen-bond acceptors (Lipinski definition) is 6. The van der Waals surface area contributed by atoms with Crippen LogP contribution in [0.1, 0.15) is 62.1 Å². The smallest absolute Gasteiger partial charge is 0.253 e. The number of anilines is 1. The molecule has 1 atom stereocenters. The molecule has 1 unspecified atom stereocenters. The first kappa shape index (κ1) is 30.5. The molecule has 0 N–H and O–H groups in total. The number of hydrogen-bond donors (Lipinski definition) is 0. The standard InChI is InChI=1S/C27H29F3N4O3.CH4.H2S/c1-16(37-19-13-21(28)25(30)22(29)14-19)20-11-17(27(35)33(2)18-5-3-4-6-18)12-23-26(20)32-24(15-31-23)34-7-9-36-10-8-34;;/h11-16,18H,3-10H2,1-2H3;1H4;1H2. The van der Waals surface area contributed by atoms with Crippen molar-refractivity contribution in [1.29, 1.82) is 0 Å². The lowest BCUT2D eigenvalue weighted by Crippen LogP contribution is -2.37. The molecule has 0 radical (unpaired) electrons. The number of carbonyl (C=O) groups excluding carboxylic acids is 1. The quantitative estimate of drug-likeness (QED) is 0.353. The number of morpholine rings is 1. The third kappa shape index (κ3) is 6.41. The molecule has 1 aromatic heterocycles. The topological polar surface area (TPSA) is 67.8 Å². The van der Waals surface area contributed by atoms with Crippen LogP contribution in [-0.4, -0.2) is 60.2 Å². The Morgan fingerprint density at radius 1 is 1.10 bits per heavy atom. The molecule has 212 valence electrons. The lowest BCUT2D eigenvalue weighted by molar-refractivity contribution is 0.0735. The highest BCUT2D eigenvalue weighted by atomic mass is 32.1. The van der Waals surface area contributed by atoms with Gasteiger partial charge in [-0.15, -0.1) is 0 Å². The van der Waals surface area contributed by atoms with E-state index in [9.17, 15) is 18.0 Å². The van der Waals surface area contributed by atoms with Crippen LogP contribution >= 0.6 is 13.5 Å². The average molecular weight is 565 g/mol. The first-order valence-corrected chi connectivity index (χ1v) is 12.5. The molecular formula is C28H35F3N4O3S. The summed E-state index contributed by atoms with van der Waals surface area (Å²) in [6.45, 7) is 4.17. The number of aromatic nitrogens is 2. The van der Waals surface area contributed by atoms with Gasteiger partial charge in [0.05, 0.1) is 30.4 Å². The van der Waals surface area contributed by atoms with Crippen LogP contribution in [0.3, 0.4) is 0 Å². The number of benzene rings is 2. The van der Waals surface area contributed by atoms with Gasteiger partial charge in [-0.05, 0) is 31.9 Å². The van der Waals surface area contributed by atoms with Crippen molar-refractivity contribution in [3.8, 4) is 5.75 Å². The Labute approximate surface area is 233 Å². The van der Waals surface area contributed by atoms with Gasteiger partial charge in [0.25, 0.3) is 5.91 Å². The van der Waals surface area contributed by atoms with Gasteiger partial charge in [0.15, 0.2) is 17.5 Å². The van der Waals surface area contributed by atoms with E-state index in [1.54, 1.807) is 37.2 Å². The van der Waals surface area contributed by atoms with E-state index in [1.807, 2.05) is 0 Å². The Bertz CT molecular complexity index is 1290. The Kier molecular flexibility index (Phi) is 10.1. The van der Waals surface area contributed by atoms with Crippen LogP contribution in [0.15, 0.2) is 30.5 Å². The SMILES string of the molecule is C.CC(Oc1cc(F)c(F)c(F)c1)c1cc(C(=O)N(C)C2CCCC2)cc2ncc(N3CCOCC3)nc12.S. The molecule has 7 nitrogen and oxygen atoms in total. The Morgan fingerprint density at radius 2 is 1.74 bits per heavy atom. The third-order valence-corrected chi connectivity index (χ3v) is 7.15. The Morgan fingerprint density at radius 3 is 2.38 bits per heavy atom. The molecule has 2 fully saturated rings. The fraction of sp³-hybridized carbons (Fsp3) is 0.464. The lowest BCUT2D eigenvalue weighted by atomic mass is 10.0. The monoisotopic (exact) mass is 564 g/mol. The van der Waals surface area contributed by atoms with Crippen molar-refractivity contribution in [3.63, 3.8) is 0 Å². The summed E-state index contributed by atoms with van der Waals surface area (Å²) in [5.41, 5.74) is 1.98. The van der Waals surface area contributed by atoms with Crippen molar-refractivity contribution < 1.29 is 27.4 Å². The number of fused-ring (bicyclic) bond motifs is 1. The van der Waals surface area contributed by atoms with Crippen molar-refractivity contribution in [2.45, 2.75) is 52.2 Å². The average Bonchev–Trinajstić information content (AvgIpc) is 3.45. The molecule has 1 aliphatic heterocycles. The van der Waals surface area contributed by atoms with Crippen molar-refractivity contribution in [2.24, 2.45) is 0 Å². The maximum absolute atomic E-state index is 13.8. The minimum atomic E-state index is -1.56. The number of ether oxygens (including phenoxy) is 2. The van der Waals surface area contributed by atoms with Gasteiger partial charge in [-0.3, -0.25) is 9.78 Å². The highest BCUT2D eigenvalue weighted by Gasteiger charge is 2.27. The molecule has 1 amide bonds. The summed E-state index contributed by atoms with van der Waals surface area (Å²) < 4.78 is 52.4. The Hall–Kier alpha value is -3.05. The summed E-state index contributed by atoms with van der Waals surface area (Å²) in [5.74, 6) is -3.90. The van der Waals surface area contributed by atoms with Gasteiger partial charge >= 0.3 is 0 Å². The summed E-state index contributed by atoms with van der Waals surface area (Å²) >= 11 is 0. The summed E-state index contributed by atoms with van der Waals surface area (Å²) in [4.78, 5) is 26.7. The molecule has 1 saturated carbocycles. The number of carbonyl (C=O) groups is 1. The maximum Gasteiger partial charge on any atom is 0.253 e. The fourth-order valence-corrected chi connectivity index (χ4v) is 5.04. The minimum absolute atomic E-state index is 0. The minimum Gasteiger partial charge on any atom is -0.486 e. The van der Waals surface area contributed by atoms with Gasteiger partial charge in [-0.25, -0.2) is 18.2 Å². The van der Waals surface area contributed by atoms with Crippen LogP contribution in [0, 0.1) is 17.5 Å². The van der Waals surface area contributed by atoms with Crippen LogP contribution < -0.4 is 9.64 Å². The highest BCUT2D eigenvalue weighted by molar-refractivity contribution is 7.59. The third-order valence-electron chi connectivity index (χ3n) is 7.15. The van der Waals surface area contributed by atoms with E-state index in [2.05, 4.69) is 9.88 Å². The molecular weight excluding hydrogens is 529 g/mol. The van der Waals surface area contributed by atoms with Gasteiger partial charge in [-0.1, -0.05) is 20.3 Å². The molecule has 1 saturated heterocycles. The van der Waals surface area contributed by atoms with E-state index in [0.717, 1.165) is 37.8 Å². The normalized spacial score (nSPS) is 16.4. The number of halogens is 3. The summed E-state index contributed by atoms with van der Waals surface area (Å²) in [7, 11) is 1.80. The van der Waals surface area contributed by atoms with E-state index >= 15 is 0 Å². The van der Waals surface area contributed by atoms with Crippen LogP contribution in [0.2, 0.25) is 0 Å². The summed E-state index contributed by atoms with van der Waals surface area (Å²) in [6, 6.07) is 5.19. The van der Waals surface area contributed by atoms with E-state index in [4.69, 9.17) is 14.5 Å². The molecule has 3 aromatic rings. The molecule has 1 aliphatic carbocycles. The van der Waals surface area contributed by atoms with E-state index in [0.29, 0.717) is 54.3 Å². The first-order valence-electron chi connectivity index (χ1n) is 12.5.